The number of carbonyl (C=O) groups excluding carboxylic acids is 1. The van der Waals surface area contributed by atoms with E-state index in [1.54, 1.807) is 0 Å². The molecule has 1 saturated heterocycles. The van der Waals surface area contributed by atoms with Gasteiger partial charge in [0, 0.05) is 6.54 Å². The number of amides is 1. The van der Waals surface area contributed by atoms with Gasteiger partial charge in [-0.3, -0.25) is 9.10 Å². The van der Waals surface area contributed by atoms with Crippen LogP contribution in [0.5, 0.6) is 0 Å². The van der Waals surface area contributed by atoms with Gasteiger partial charge in [-0.15, -0.1) is 0 Å². The van der Waals surface area contributed by atoms with Gasteiger partial charge >= 0.3 is 6.18 Å². The quantitative estimate of drug-likeness (QED) is 0.766. The molecule has 3 heterocycles. The van der Waals surface area contributed by atoms with Crippen molar-refractivity contribution in [2.75, 3.05) is 22.4 Å². The van der Waals surface area contributed by atoms with Crippen LogP contribution in [0.15, 0.2) is 27.7 Å². The topological polar surface area (TPSA) is 75.0 Å². The van der Waals surface area contributed by atoms with E-state index >= 15 is 0 Å². The first-order valence-corrected chi connectivity index (χ1v) is 9.21. The number of hydrogen-bond donors (Lipinski definition) is 0. The fraction of sp³-hybridized carbons (Fsp3) is 0.417. The van der Waals surface area contributed by atoms with Gasteiger partial charge in [0.15, 0.2) is 0 Å². The molecule has 0 bridgehead atoms. The van der Waals surface area contributed by atoms with E-state index in [1.807, 2.05) is 0 Å². The summed E-state index contributed by atoms with van der Waals surface area (Å²) in [6.07, 6.45) is -2.90. The lowest BCUT2D eigenvalue weighted by Gasteiger charge is -2.20. The monoisotopic (exact) mass is 364 g/mol. The first kappa shape index (κ1) is 16.2. The van der Waals surface area contributed by atoms with Gasteiger partial charge in [-0.05, 0) is 18.6 Å². The third-order valence-corrected chi connectivity index (χ3v) is 6.52. The largest absolute Gasteiger partial charge is 0.433 e. The molecule has 0 N–H and O–H groups in total. The average Bonchev–Trinajstić information content (AvgIpc) is 3.04. The van der Waals surface area contributed by atoms with Crippen LogP contribution in [0, 0.1) is 0 Å². The Morgan fingerprint density at radius 2 is 2.13 bits per heavy atom. The molecule has 0 aliphatic carbocycles. The normalized spacial score (nSPS) is 24.9. The van der Waals surface area contributed by atoms with Gasteiger partial charge in [0.1, 0.15) is 15.6 Å². The summed E-state index contributed by atoms with van der Waals surface area (Å²) in [5.41, 5.74) is -0.704. The van der Waals surface area contributed by atoms with Crippen LogP contribution in [0.25, 0.3) is 0 Å². The summed E-state index contributed by atoms with van der Waals surface area (Å²) >= 11 is 1.10. The highest BCUT2D eigenvalue weighted by molar-refractivity contribution is 8.15. The maximum Gasteiger partial charge on any atom is 0.433 e. The molecular formula is C12H11F3N4O2S2. The van der Waals surface area contributed by atoms with Gasteiger partial charge in [-0.25, -0.2) is 9.19 Å². The van der Waals surface area contributed by atoms with Crippen LogP contribution in [-0.4, -0.2) is 38.3 Å². The Balaban J connectivity index is 1.93. The number of carbonyl (C=O) groups is 1. The Hall–Kier alpha value is -1.62. The highest BCUT2D eigenvalue weighted by Crippen LogP contribution is 2.31. The van der Waals surface area contributed by atoms with Gasteiger partial charge < -0.3 is 0 Å². The van der Waals surface area contributed by atoms with Crippen molar-refractivity contribution in [2.24, 2.45) is 9.36 Å². The van der Waals surface area contributed by atoms with E-state index in [1.165, 1.54) is 10.4 Å². The molecule has 23 heavy (non-hydrogen) atoms. The van der Waals surface area contributed by atoms with Crippen molar-refractivity contribution in [2.45, 2.75) is 12.6 Å². The number of anilines is 1. The van der Waals surface area contributed by atoms with Crippen molar-refractivity contribution in [1.29, 1.82) is 0 Å². The van der Waals surface area contributed by atoms with E-state index in [9.17, 15) is 22.2 Å². The highest BCUT2D eigenvalue weighted by atomic mass is 32.2. The van der Waals surface area contributed by atoms with Crippen LogP contribution >= 0.6 is 11.8 Å². The number of hydrogen-bond acceptors (Lipinski definition) is 5. The van der Waals surface area contributed by atoms with E-state index in [0.29, 0.717) is 18.7 Å². The lowest BCUT2D eigenvalue weighted by atomic mass is 10.3. The van der Waals surface area contributed by atoms with Gasteiger partial charge in [-0.2, -0.15) is 22.5 Å². The van der Waals surface area contributed by atoms with Crippen molar-refractivity contribution in [3.8, 4) is 0 Å². The Morgan fingerprint density at radius 3 is 2.70 bits per heavy atom. The predicted molar refractivity (Wildman–Crippen MR) is 81.5 cm³/mol. The van der Waals surface area contributed by atoms with Crippen molar-refractivity contribution < 1.29 is 22.2 Å². The molecule has 1 fully saturated rings. The number of amidine groups is 1. The summed E-state index contributed by atoms with van der Waals surface area (Å²) in [5, 5.41) is 0.159. The minimum absolute atomic E-state index is 0.159. The molecular weight excluding hydrogens is 353 g/mol. The molecule has 1 aromatic heterocycles. The molecule has 124 valence electrons. The highest BCUT2D eigenvalue weighted by Gasteiger charge is 2.34. The second-order valence-electron chi connectivity index (χ2n) is 4.83. The molecule has 2 aliphatic rings. The van der Waals surface area contributed by atoms with Crippen LogP contribution in [0.3, 0.4) is 0 Å². The molecule has 0 spiro atoms. The summed E-state index contributed by atoms with van der Waals surface area (Å²) in [4.78, 5) is 18.2. The number of rotatable bonds is 1. The van der Waals surface area contributed by atoms with E-state index in [4.69, 9.17) is 0 Å². The van der Waals surface area contributed by atoms with Crippen molar-refractivity contribution >= 4 is 38.4 Å². The third-order valence-electron chi connectivity index (χ3n) is 3.21. The minimum Gasteiger partial charge on any atom is -0.284 e. The number of aliphatic imine (C=N–C) groups is 1. The zero-order valence-corrected chi connectivity index (χ0v) is 13.2. The van der Waals surface area contributed by atoms with Gasteiger partial charge in [0.2, 0.25) is 5.17 Å². The molecule has 1 aromatic rings. The summed E-state index contributed by atoms with van der Waals surface area (Å²) in [7, 11) is -2.87. The Kier molecular flexibility index (Phi) is 4.08. The molecule has 0 radical (unpaired) electrons. The first-order valence-electron chi connectivity index (χ1n) is 6.58. The van der Waals surface area contributed by atoms with Gasteiger partial charge in [-0.1, -0.05) is 11.8 Å². The van der Waals surface area contributed by atoms with Crippen LogP contribution in [0.4, 0.5) is 18.9 Å². The summed E-state index contributed by atoms with van der Waals surface area (Å²) < 4.78 is 56.1. The van der Waals surface area contributed by atoms with Crippen molar-refractivity contribution in [1.82, 2.24) is 4.98 Å². The van der Waals surface area contributed by atoms with Crippen LogP contribution in [0.2, 0.25) is 0 Å². The van der Waals surface area contributed by atoms with Crippen LogP contribution in [-0.2, 0) is 20.9 Å². The Bertz CT molecular complexity index is 782. The second-order valence-corrected chi connectivity index (χ2v) is 8.02. The third kappa shape index (κ3) is 3.34. The van der Waals surface area contributed by atoms with E-state index in [-0.39, 0.29) is 22.6 Å². The Morgan fingerprint density at radius 1 is 1.35 bits per heavy atom. The summed E-state index contributed by atoms with van der Waals surface area (Å²) in [6.45, 7) is 0.390. The standard InChI is InChI=1S/C12H11F3N4O2S2/c13-12(14,15)9-3-2-8(6-16-9)19-4-1-5-23(19,21)18-11-17-10(20)7-22-11/h2-3,6H,1,4-5,7H2. The van der Waals surface area contributed by atoms with Crippen LogP contribution in [0.1, 0.15) is 12.1 Å². The number of pyridine rings is 1. The Labute approximate surface area is 134 Å². The van der Waals surface area contributed by atoms with Gasteiger partial charge in [0.05, 0.1) is 23.4 Å². The molecule has 0 aromatic carbocycles. The smallest absolute Gasteiger partial charge is 0.284 e. The van der Waals surface area contributed by atoms with Crippen molar-refractivity contribution in [3.05, 3.63) is 24.0 Å². The lowest BCUT2D eigenvalue weighted by Crippen LogP contribution is -2.26. The average molecular weight is 364 g/mol. The zero-order chi connectivity index (χ0) is 16.7. The first-order chi connectivity index (χ1) is 10.8. The number of aromatic nitrogens is 1. The van der Waals surface area contributed by atoms with Gasteiger partial charge in [0.25, 0.3) is 5.91 Å². The fourth-order valence-corrected chi connectivity index (χ4v) is 5.30. The van der Waals surface area contributed by atoms with E-state index in [2.05, 4.69) is 14.3 Å². The zero-order valence-electron chi connectivity index (χ0n) is 11.6. The molecule has 6 nitrogen and oxygen atoms in total. The number of halogens is 3. The van der Waals surface area contributed by atoms with E-state index in [0.717, 1.165) is 24.0 Å². The maximum absolute atomic E-state index is 13.0. The minimum atomic E-state index is -4.52. The molecule has 3 rings (SSSR count). The number of alkyl halides is 3. The predicted octanol–water partition coefficient (Wildman–Crippen LogP) is 2.32. The molecule has 1 amide bonds. The maximum atomic E-state index is 13.0. The van der Waals surface area contributed by atoms with Crippen molar-refractivity contribution in [3.63, 3.8) is 0 Å². The second kappa shape index (κ2) is 5.78. The molecule has 2 aliphatic heterocycles. The SMILES string of the molecule is O=C1CSC(N=S2(=O)CCCN2c2ccc(C(F)(F)F)nc2)=N1. The summed E-state index contributed by atoms with van der Waals surface area (Å²) in [5.74, 6) is 0.0929. The summed E-state index contributed by atoms with van der Waals surface area (Å²) in [6, 6.07) is 2.07. The van der Waals surface area contributed by atoms with E-state index < -0.39 is 21.8 Å². The number of thioether (sulfide) groups is 1. The van der Waals surface area contributed by atoms with Crippen LogP contribution < -0.4 is 4.31 Å². The fourth-order valence-electron chi connectivity index (χ4n) is 2.21. The lowest BCUT2D eigenvalue weighted by molar-refractivity contribution is -0.141. The molecule has 11 heteroatoms. The molecule has 1 unspecified atom stereocenters. The molecule has 0 saturated carbocycles. The molecule has 1 atom stereocenters. The number of nitrogens with zero attached hydrogens (tertiary/aromatic N) is 4.